The molecule has 1 amide bonds. The molecule has 156 valence electrons. The summed E-state index contributed by atoms with van der Waals surface area (Å²) in [5.74, 6) is -0.755. The number of ether oxygens (including phenoxy) is 1. The van der Waals surface area contributed by atoms with E-state index in [1.165, 1.54) is 16.7 Å². The van der Waals surface area contributed by atoms with Gasteiger partial charge in [0.05, 0.1) is 19.8 Å². The van der Waals surface area contributed by atoms with Crippen molar-refractivity contribution in [2.45, 2.75) is 6.54 Å². The van der Waals surface area contributed by atoms with Crippen molar-refractivity contribution < 1.29 is 13.9 Å². The number of benzene rings is 1. The number of fused-ring (bicyclic) bond motifs is 1. The Bertz CT molecular complexity index is 1090. The lowest BCUT2D eigenvalue weighted by Crippen LogP contribution is -2.42. The Kier molecular flexibility index (Phi) is 6.15. The minimum Gasteiger partial charge on any atom is -0.379 e. The van der Waals surface area contributed by atoms with Gasteiger partial charge in [-0.25, -0.2) is 9.37 Å². The number of hydrogen-bond donors (Lipinski definition) is 1. The van der Waals surface area contributed by atoms with Gasteiger partial charge in [-0.05, 0) is 35.9 Å². The number of amides is 1. The van der Waals surface area contributed by atoms with Crippen LogP contribution in [0.4, 0.5) is 4.39 Å². The Labute approximate surface area is 173 Å². The predicted molar refractivity (Wildman–Crippen MR) is 111 cm³/mol. The highest BCUT2D eigenvalue weighted by Crippen LogP contribution is 2.13. The molecule has 1 N–H and O–H groups in total. The standard InChI is InChI=1S/C22H23FN4O3/c23-18-5-3-16(4-6-18)15-27-20-17(2-1-7-24-20)14-19(22(27)29)21(28)25-8-9-26-10-12-30-13-11-26/h1-7,14H,8-13,15H2,(H,25,28). The maximum Gasteiger partial charge on any atom is 0.265 e. The van der Waals surface area contributed by atoms with E-state index in [-0.39, 0.29) is 17.9 Å². The van der Waals surface area contributed by atoms with Crippen molar-refractivity contribution in [2.24, 2.45) is 0 Å². The van der Waals surface area contributed by atoms with Gasteiger partial charge in [0.2, 0.25) is 0 Å². The van der Waals surface area contributed by atoms with E-state index in [4.69, 9.17) is 4.74 Å². The second-order valence-electron chi connectivity index (χ2n) is 7.20. The number of rotatable bonds is 6. The summed E-state index contributed by atoms with van der Waals surface area (Å²) in [6.07, 6.45) is 1.60. The van der Waals surface area contributed by atoms with Gasteiger partial charge in [0, 0.05) is 37.8 Å². The lowest BCUT2D eigenvalue weighted by molar-refractivity contribution is 0.0383. The predicted octanol–water partition coefficient (Wildman–Crippen LogP) is 1.65. The maximum atomic E-state index is 13.2. The number of pyridine rings is 2. The van der Waals surface area contributed by atoms with E-state index in [0.29, 0.717) is 37.3 Å². The van der Waals surface area contributed by atoms with Crippen LogP contribution >= 0.6 is 0 Å². The first-order chi connectivity index (χ1) is 14.6. The zero-order valence-electron chi connectivity index (χ0n) is 16.5. The fourth-order valence-corrected chi connectivity index (χ4v) is 3.54. The third kappa shape index (κ3) is 4.55. The first kappa shape index (κ1) is 20.2. The van der Waals surface area contributed by atoms with Crippen molar-refractivity contribution in [2.75, 3.05) is 39.4 Å². The zero-order valence-corrected chi connectivity index (χ0v) is 16.5. The highest BCUT2D eigenvalue weighted by molar-refractivity contribution is 5.96. The highest BCUT2D eigenvalue weighted by atomic mass is 19.1. The van der Waals surface area contributed by atoms with E-state index in [1.807, 2.05) is 6.07 Å². The molecule has 30 heavy (non-hydrogen) atoms. The quantitative estimate of drug-likeness (QED) is 0.669. The summed E-state index contributed by atoms with van der Waals surface area (Å²) >= 11 is 0. The van der Waals surface area contributed by atoms with Crippen LogP contribution in [0.1, 0.15) is 15.9 Å². The van der Waals surface area contributed by atoms with Crippen LogP contribution in [0.3, 0.4) is 0 Å². The number of hydrogen-bond acceptors (Lipinski definition) is 5. The molecular formula is C22H23FN4O3. The molecule has 7 nitrogen and oxygen atoms in total. The van der Waals surface area contributed by atoms with Crippen LogP contribution in [0.2, 0.25) is 0 Å². The van der Waals surface area contributed by atoms with Crippen LogP contribution < -0.4 is 10.9 Å². The van der Waals surface area contributed by atoms with Gasteiger partial charge in [0.25, 0.3) is 11.5 Å². The molecule has 4 rings (SSSR count). The number of carbonyl (C=O) groups is 1. The van der Waals surface area contributed by atoms with Crippen LogP contribution in [0.25, 0.3) is 11.0 Å². The van der Waals surface area contributed by atoms with Crippen molar-refractivity contribution in [3.8, 4) is 0 Å². The molecule has 1 fully saturated rings. The van der Waals surface area contributed by atoms with Crippen molar-refractivity contribution in [1.82, 2.24) is 19.8 Å². The number of nitrogens with one attached hydrogen (secondary N) is 1. The molecule has 0 unspecified atom stereocenters. The average Bonchev–Trinajstić information content (AvgIpc) is 2.77. The Morgan fingerprint density at radius 1 is 1.17 bits per heavy atom. The second kappa shape index (κ2) is 9.15. The molecule has 0 spiro atoms. The van der Waals surface area contributed by atoms with Crippen molar-refractivity contribution >= 4 is 16.9 Å². The third-order valence-electron chi connectivity index (χ3n) is 5.16. The molecule has 1 saturated heterocycles. The molecule has 0 aliphatic carbocycles. The van der Waals surface area contributed by atoms with Gasteiger partial charge in [-0.1, -0.05) is 12.1 Å². The second-order valence-corrected chi connectivity index (χ2v) is 7.20. The molecule has 8 heteroatoms. The molecule has 1 aromatic carbocycles. The monoisotopic (exact) mass is 410 g/mol. The molecule has 0 saturated carbocycles. The molecular weight excluding hydrogens is 387 g/mol. The van der Waals surface area contributed by atoms with Crippen molar-refractivity contribution in [3.05, 3.63) is 76.0 Å². The van der Waals surface area contributed by atoms with Crippen LogP contribution in [-0.4, -0.2) is 59.8 Å². The van der Waals surface area contributed by atoms with Gasteiger partial charge < -0.3 is 10.1 Å². The maximum absolute atomic E-state index is 13.2. The van der Waals surface area contributed by atoms with E-state index in [0.717, 1.165) is 18.7 Å². The summed E-state index contributed by atoms with van der Waals surface area (Å²) in [7, 11) is 0. The number of aromatic nitrogens is 2. The summed E-state index contributed by atoms with van der Waals surface area (Å²) in [5.41, 5.74) is 0.876. The summed E-state index contributed by atoms with van der Waals surface area (Å²) in [6.45, 7) is 4.40. The first-order valence-corrected chi connectivity index (χ1v) is 9.93. The molecule has 0 atom stereocenters. The van der Waals surface area contributed by atoms with Gasteiger partial charge in [0.15, 0.2) is 0 Å². The summed E-state index contributed by atoms with van der Waals surface area (Å²) < 4.78 is 20.0. The zero-order chi connectivity index (χ0) is 20.9. The fraction of sp³-hybridized carbons (Fsp3) is 0.318. The number of halogens is 1. The van der Waals surface area contributed by atoms with Crippen LogP contribution in [0.5, 0.6) is 0 Å². The summed E-state index contributed by atoms with van der Waals surface area (Å²) in [5, 5.41) is 3.54. The van der Waals surface area contributed by atoms with E-state index in [9.17, 15) is 14.0 Å². The minimum absolute atomic E-state index is 0.0691. The summed E-state index contributed by atoms with van der Waals surface area (Å²) in [6, 6.07) is 11.1. The van der Waals surface area contributed by atoms with Gasteiger partial charge in [-0.15, -0.1) is 0 Å². The van der Waals surface area contributed by atoms with Gasteiger partial charge >= 0.3 is 0 Å². The SMILES string of the molecule is O=C(NCCN1CCOCC1)c1cc2cccnc2n(Cc2ccc(F)cc2)c1=O. The van der Waals surface area contributed by atoms with Crippen LogP contribution in [0, 0.1) is 5.82 Å². The van der Waals surface area contributed by atoms with Crippen LogP contribution in [0.15, 0.2) is 53.5 Å². The molecule has 1 aliphatic rings. The van der Waals surface area contributed by atoms with Crippen LogP contribution in [-0.2, 0) is 11.3 Å². The van der Waals surface area contributed by atoms with E-state index >= 15 is 0 Å². The lowest BCUT2D eigenvalue weighted by atomic mass is 10.1. The Balaban J connectivity index is 1.58. The molecule has 0 bridgehead atoms. The molecule has 3 aromatic rings. The van der Waals surface area contributed by atoms with E-state index in [2.05, 4.69) is 15.2 Å². The molecule has 0 radical (unpaired) electrons. The van der Waals surface area contributed by atoms with Gasteiger partial charge in [-0.2, -0.15) is 0 Å². The van der Waals surface area contributed by atoms with E-state index < -0.39 is 11.5 Å². The summed E-state index contributed by atoms with van der Waals surface area (Å²) in [4.78, 5) is 32.4. The van der Waals surface area contributed by atoms with Crippen molar-refractivity contribution in [3.63, 3.8) is 0 Å². The Morgan fingerprint density at radius 3 is 2.70 bits per heavy atom. The number of carbonyl (C=O) groups excluding carboxylic acids is 1. The normalized spacial score (nSPS) is 14.7. The lowest BCUT2D eigenvalue weighted by Gasteiger charge is -2.26. The molecule has 1 aliphatic heterocycles. The topological polar surface area (TPSA) is 76.5 Å². The smallest absolute Gasteiger partial charge is 0.265 e. The van der Waals surface area contributed by atoms with Gasteiger partial charge in [0.1, 0.15) is 17.0 Å². The Morgan fingerprint density at radius 2 is 1.93 bits per heavy atom. The largest absolute Gasteiger partial charge is 0.379 e. The van der Waals surface area contributed by atoms with E-state index in [1.54, 1.807) is 30.5 Å². The average molecular weight is 410 g/mol. The first-order valence-electron chi connectivity index (χ1n) is 9.93. The molecule has 2 aromatic heterocycles. The number of nitrogens with zero attached hydrogens (tertiary/aromatic N) is 3. The third-order valence-corrected chi connectivity index (χ3v) is 5.16. The Hall–Kier alpha value is -3.10. The molecule has 3 heterocycles. The van der Waals surface area contributed by atoms with Crippen molar-refractivity contribution in [1.29, 1.82) is 0 Å². The number of morpholine rings is 1. The van der Waals surface area contributed by atoms with Gasteiger partial charge in [-0.3, -0.25) is 19.1 Å². The minimum atomic E-state index is -0.422. The highest BCUT2D eigenvalue weighted by Gasteiger charge is 2.17. The fourth-order valence-electron chi connectivity index (χ4n) is 3.54.